The van der Waals surface area contributed by atoms with Crippen molar-refractivity contribution in [3.05, 3.63) is 63.1 Å². The molecule has 0 unspecified atom stereocenters. The molecule has 1 aliphatic heterocycles. The van der Waals surface area contributed by atoms with Crippen LogP contribution in [0.25, 0.3) is 0 Å². The third-order valence-electron chi connectivity index (χ3n) is 4.99. The number of halogens is 1. The van der Waals surface area contributed by atoms with E-state index in [0.29, 0.717) is 48.0 Å². The van der Waals surface area contributed by atoms with Crippen molar-refractivity contribution in [2.75, 3.05) is 36.8 Å². The number of hydrogen-bond acceptors (Lipinski definition) is 10. The molecule has 1 aliphatic rings. The van der Waals surface area contributed by atoms with Gasteiger partial charge < -0.3 is 19.5 Å². The lowest BCUT2D eigenvalue weighted by atomic mass is 10.1. The number of carbonyl (C=O) groups excluding carboxylic acids is 2. The van der Waals surface area contributed by atoms with Gasteiger partial charge in [-0.1, -0.05) is 34.7 Å². The van der Waals surface area contributed by atoms with Crippen LogP contribution in [-0.4, -0.2) is 63.8 Å². The van der Waals surface area contributed by atoms with E-state index in [0.717, 1.165) is 0 Å². The van der Waals surface area contributed by atoms with Gasteiger partial charge in [-0.05, 0) is 24.3 Å². The van der Waals surface area contributed by atoms with Crippen molar-refractivity contribution in [3.8, 4) is 0 Å². The number of hydrogen-bond donors (Lipinski definition) is 1. The molecule has 0 aliphatic carbocycles. The van der Waals surface area contributed by atoms with Gasteiger partial charge in [0.2, 0.25) is 11.0 Å². The van der Waals surface area contributed by atoms with E-state index in [9.17, 15) is 19.7 Å². The maximum atomic E-state index is 12.8. The lowest BCUT2D eigenvalue weighted by Gasteiger charge is -2.34. The number of nitrogens with zero attached hydrogens (tertiary/aromatic N) is 5. The van der Waals surface area contributed by atoms with E-state index in [1.165, 1.54) is 41.3 Å². The van der Waals surface area contributed by atoms with Crippen molar-refractivity contribution < 1.29 is 18.9 Å². The molecule has 3 aromatic rings. The van der Waals surface area contributed by atoms with Crippen molar-refractivity contribution in [1.29, 1.82) is 0 Å². The average Bonchev–Trinajstić information content (AvgIpc) is 3.53. The molecule has 14 heteroatoms. The second-order valence-corrected chi connectivity index (χ2v) is 9.78. The minimum absolute atomic E-state index is 0.00804. The summed E-state index contributed by atoms with van der Waals surface area (Å²) < 4.78 is 5.86. The van der Waals surface area contributed by atoms with E-state index in [2.05, 4.69) is 15.5 Å². The van der Waals surface area contributed by atoms with Crippen LogP contribution in [0.2, 0.25) is 5.02 Å². The molecule has 1 aromatic carbocycles. The largest absolute Gasteiger partial charge is 0.467 e. The van der Waals surface area contributed by atoms with Gasteiger partial charge in [0.15, 0.2) is 4.34 Å². The topological polar surface area (TPSA) is 135 Å². The van der Waals surface area contributed by atoms with Crippen molar-refractivity contribution >= 4 is 57.3 Å². The van der Waals surface area contributed by atoms with E-state index in [1.54, 1.807) is 23.3 Å². The second-order valence-electron chi connectivity index (χ2n) is 7.20. The van der Waals surface area contributed by atoms with E-state index in [-0.39, 0.29) is 33.8 Å². The van der Waals surface area contributed by atoms with E-state index in [4.69, 9.17) is 16.0 Å². The molecule has 1 saturated heterocycles. The lowest BCUT2D eigenvalue weighted by molar-refractivity contribution is -0.384. The summed E-state index contributed by atoms with van der Waals surface area (Å²) in [5.41, 5.74) is -0.0656. The molecule has 1 fully saturated rings. The highest BCUT2D eigenvalue weighted by molar-refractivity contribution is 8.01. The summed E-state index contributed by atoms with van der Waals surface area (Å²) in [5.74, 6) is 0.481. The molecule has 2 amide bonds. The summed E-state index contributed by atoms with van der Waals surface area (Å²) in [4.78, 5) is 38.9. The molecule has 0 atom stereocenters. The highest BCUT2D eigenvalue weighted by Gasteiger charge is 2.26. The van der Waals surface area contributed by atoms with Crippen LogP contribution in [0, 0.1) is 10.1 Å². The van der Waals surface area contributed by atoms with Crippen molar-refractivity contribution in [1.82, 2.24) is 20.4 Å². The number of rotatable bonds is 8. The van der Waals surface area contributed by atoms with Gasteiger partial charge in [0.1, 0.15) is 10.8 Å². The Morgan fingerprint density at radius 2 is 2.03 bits per heavy atom. The van der Waals surface area contributed by atoms with Crippen LogP contribution in [0.5, 0.6) is 0 Å². The van der Waals surface area contributed by atoms with Crippen LogP contribution in [0.15, 0.2) is 45.4 Å². The molecule has 2 aromatic heterocycles. The zero-order valence-electron chi connectivity index (χ0n) is 17.7. The fraction of sp³-hybridized carbons (Fsp3) is 0.300. The van der Waals surface area contributed by atoms with Crippen LogP contribution in [-0.2, 0) is 11.3 Å². The zero-order chi connectivity index (χ0) is 24.1. The summed E-state index contributed by atoms with van der Waals surface area (Å²) in [5, 5.41) is 22.9. The first-order valence-corrected chi connectivity index (χ1v) is 12.3. The fourth-order valence-corrected chi connectivity index (χ4v) is 5.14. The third-order valence-corrected chi connectivity index (χ3v) is 7.43. The number of thioether (sulfide) groups is 1. The molecule has 4 rings (SSSR count). The first kappa shape index (κ1) is 24.0. The molecule has 1 N–H and O–H groups in total. The minimum atomic E-state index is -0.606. The maximum Gasteiger partial charge on any atom is 0.288 e. The molecule has 0 saturated carbocycles. The zero-order valence-corrected chi connectivity index (χ0v) is 20.1. The molecule has 34 heavy (non-hydrogen) atoms. The van der Waals surface area contributed by atoms with E-state index >= 15 is 0 Å². The Bertz CT molecular complexity index is 1180. The average molecular weight is 523 g/mol. The number of furan rings is 1. The summed E-state index contributed by atoms with van der Waals surface area (Å²) in [7, 11) is 0. The van der Waals surface area contributed by atoms with Gasteiger partial charge in [-0.3, -0.25) is 19.7 Å². The van der Waals surface area contributed by atoms with Gasteiger partial charge in [-0.2, -0.15) is 0 Å². The second kappa shape index (κ2) is 10.8. The summed E-state index contributed by atoms with van der Waals surface area (Å²) in [6, 6.07) is 7.61. The van der Waals surface area contributed by atoms with Gasteiger partial charge in [0.05, 0.1) is 23.5 Å². The molecule has 0 radical (unpaired) electrons. The lowest BCUT2D eigenvalue weighted by Crippen LogP contribution is -2.48. The Hall–Kier alpha value is -3.16. The Balaban J connectivity index is 1.26. The Morgan fingerprint density at radius 3 is 2.74 bits per heavy atom. The number of nitro groups is 1. The van der Waals surface area contributed by atoms with Crippen LogP contribution in [0.4, 0.5) is 10.8 Å². The van der Waals surface area contributed by atoms with Gasteiger partial charge >= 0.3 is 0 Å². The molecular formula is C20H19ClN6O5S2. The monoisotopic (exact) mass is 522 g/mol. The molecular weight excluding hydrogens is 504 g/mol. The predicted octanol–water partition coefficient (Wildman–Crippen LogP) is 3.06. The molecule has 11 nitrogen and oxygen atoms in total. The number of piperazine rings is 1. The Morgan fingerprint density at radius 1 is 1.24 bits per heavy atom. The van der Waals surface area contributed by atoms with Gasteiger partial charge in [-0.15, -0.1) is 10.2 Å². The van der Waals surface area contributed by atoms with Crippen LogP contribution in [0.1, 0.15) is 16.1 Å². The number of amides is 2. The highest BCUT2D eigenvalue weighted by atomic mass is 35.5. The highest BCUT2D eigenvalue weighted by Crippen LogP contribution is 2.29. The molecule has 178 valence electrons. The summed E-state index contributed by atoms with van der Waals surface area (Å²) in [6.07, 6.45) is 1.55. The normalized spacial score (nSPS) is 13.7. The van der Waals surface area contributed by atoms with Crippen molar-refractivity contribution in [3.63, 3.8) is 0 Å². The smallest absolute Gasteiger partial charge is 0.288 e. The van der Waals surface area contributed by atoms with Gasteiger partial charge in [0.25, 0.3) is 11.6 Å². The van der Waals surface area contributed by atoms with Crippen LogP contribution in [0.3, 0.4) is 0 Å². The van der Waals surface area contributed by atoms with Crippen molar-refractivity contribution in [2.45, 2.75) is 10.9 Å². The fourth-order valence-electron chi connectivity index (χ4n) is 3.23. The standard InChI is InChI=1S/C20H19ClN6O5S2/c21-15-4-3-13(10-16(15)27(30)31)18(29)25-5-7-26(8-6-25)19-23-24-20(34-19)33-12-17(28)22-11-14-2-1-9-32-14/h1-4,9-10H,5-8,11-12H2,(H,22,28). The Labute approximate surface area is 207 Å². The van der Waals surface area contributed by atoms with Gasteiger partial charge in [0, 0.05) is 37.8 Å². The number of nitro benzene ring substituents is 1. The number of anilines is 1. The van der Waals surface area contributed by atoms with Crippen LogP contribution >= 0.6 is 34.7 Å². The first-order valence-electron chi connectivity index (χ1n) is 10.1. The summed E-state index contributed by atoms with van der Waals surface area (Å²) >= 11 is 8.52. The number of benzene rings is 1. The SMILES string of the molecule is O=C(CSc1nnc(N2CCN(C(=O)c3ccc(Cl)c([N+](=O)[O-])c3)CC2)s1)NCc1ccco1. The van der Waals surface area contributed by atoms with Crippen molar-refractivity contribution in [2.24, 2.45) is 0 Å². The van der Waals surface area contributed by atoms with E-state index in [1.807, 2.05) is 4.90 Å². The summed E-state index contributed by atoms with van der Waals surface area (Å²) in [6.45, 7) is 2.30. The Kier molecular flexibility index (Phi) is 7.65. The van der Waals surface area contributed by atoms with E-state index < -0.39 is 4.92 Å². The third kappa shape index (κ3) is 5.85. The number of aromatic nitrogens is 2. The molecule has 3 heterocycles. The maximum absolute atomic E-state index is 12.8. The molecule has 0 bridgehead atoms. The first-order chi connectivity index (χ1) is 16.4. The number of carbonyl (C=O) groups is 2. The van der Waals surface area contributed by atoms with Gasteiger partial charge in [-0.25, -0.2) is 0 Å². The number of nitrogens with one attached hydrogen (secondary N) is 1. The minimum Gasteiger partial charge on any atom is -0.467 e. The molecule has 0 spiro atoms. The quantitative estimate of drug-likeness (QED) is 0.269. The van der Waals surface area contributed by atoms with Crippen LogP contribution < -0.4 is 10.2 Å². The predicted molar refractivity (Wildman–Crippen MR) is 127 cm³/mol.